The van der Waals surface area contributed by atoms with Crippen molar-refractivity contribution in [3.63, 3.8) is 0 Å². The molecule has 0 aliphatic carbocycles. The van der Waals surface area contributed by atoms with Gasteiger partial charge in [-0.2, -0.15) is 0 Å². The molecule has 13 heavy (non-hydrogen) atoms. The summed E-state index contributed by atoms with van der Waals surface area (Å²) < 4.78 is 5.17. The van der Waals surface area contributed by atoms with E-state index in [1.54, 1.807) is 7.11 Å². The predicted molar refractivity (Wildman–Crippen MR) is 58.5 cm³/mol. The number of rotatable bonds is 7. The summed E-state index contributed by atoms with van der Waals surface area (Å²) in [6, 6.07) is 0. The monoisotopic (exact) mass is 207 g/mol. The highest BCUT2D eigenvalue weighted by molar-refractivity contribution is 6.17. The van der Waals surface area contributed by atoms with Gasteiger partial charge in [-0.1, -0.05) is 6.92 Å². The van der Waals surface area contributed by atoms with Gasteiger partial charge in [0.2, 0.25) is 0 Å². The van der Waals surface area contributed by atoms with Gasteiger partial charge in [0, 0.05) is 25.1 Å². The van der Waals surface area contributed by atoms with Crippen molar-refractivity contribution in [3.8, 4) is 0 Å². The molecule has 0 aromatic rings. The molecular weight excluding hydrogens is 186 g/mol. The third kappa shape index (κ3) is 5.50. The summed E-state index contributed by atoms with van der Waals surface area (Å²) in [5.41, 5.74) is 0.161. The maximum atomic E-state index is 5.74. The highest BCUT2D eigenvalue weighted by Crippen LogP contribution is 2.14. The summed E-state index contributed by atoms with van der Waals surface area (Å²) in [4.78, 5) is 0. The fraction of sp³-hybridized carbons (Fsp3) is 1.00. The fourth-order valence-electron chi connectivity index (χ4n) is 1.07. The SMILES string of the molecule is CCC(C)(CCCl)NCC(C)OC. The molecule has 0 amide bonds. The predicted octanol–water partition coefficient (Wildman–Crippen LogP) is 2.41. The smallest absolute Gasteiger partial charge is 0.0667 e. The van der Waals surface area contributed by atoms with Gasteiger partial charge in [-0.3, -0.25) is 0 Å². The van der Waals surface area contributed by atoms with Crippen molar-refractivity contribution in [1.29, 1.82) is 0 Å². The minimum Gasteiger partial charge on any atom is -0.380 e. The average Bonchev–Trinajstić information content (AvgIpc) is 2.15. The molecule has 0 aliphatic heterocycles. The van der Waals surface area contributed by atoms with E-state index in [9.17, 15) is 0 Å². The van der Waals surface area contributed by atoms with E-state index in [2.05, 4.69) is 26.1 Å². The first kappa shape index (κ1) is 13.2. The Labute approximate surface area is 87.0 Å². The van der Waals surface area contributed by atoms with Crippen LogP contribution in [0.5, 0.6) is 0 Å². The van der Waals surface area contributed by atoms with Crippen molar-refractivity contribution in [3.05, 3.63) is 0 Å². The lowest BCUT2D eigenvalue weighted by molar-refractivity contribution is 0.107. The zero-order valence-corrected chi connectivity index (χ0v) is 9.95. The maximum absolute atomic E-state index is 5.74. The molecule has 0 spiro atoms. The van der Waals surface area contributed by atoms with E-state index in [1.807, 2.05) is 0 Å². The number of alkyl halides is 1. The van der Waals surface area contributed by atoms with Crippen molar-refractivity contribution < 1.29 is 4.74 Å². The van der Waals surface area contributed by atoms with E-state index in [0.717, 1.165) is 19.4 Å². The van der Waals surface area contributed by atoms with Gasteiger partial charge in [0.15, 0.2) is 0 Å². The van der Waals surface area contributed by atoms with Crippen LogP contribution in [0.1, 0.15) is 33.6 Å². The van der Waals surface area contributed by atoms with Gasteiger partial charge in [0.1, 0.15) is 0 Å². The third-order valence-corrected chi connectivity index (χ3v) is 2.83. The van der Waals surface area contributed by atoms with E-state index in [4.69, 9.17) is 16.3 Å². The highest BCUT2D eigenvalue weighted by Gasteiger charge is 2.20. The van der Waals surface area contributed by atoms with Crippen LogP contribution in [0.4, 0.5) is 0 Å². The average molecular weight is 208 g/mol. The molecule has 0 saturated carbocycles. The molecule has 0 radical (unpaired) electrons. The first-order chi connectivity index (χ1) is 6.08. The maximum Gasteiger partial charge on any atom is 0.0667 e. The van der Waals surface area contributed by atoms with Crippen LogP contribution in [0.3, 0.4) is 0 Å². The van der Waals surface area contributed by atoms with Gasteiger partial charge in [-0.05, 0) is 26.7 Å². The summed E-state index contributed by atoms with van der Waals surface area (Å²) in [5, 5.41) is 3.49. The molecule has 0 saturated heterocycles. The zero-order valence-electron chi connectivity index (χ0n) is 9.19. The molecule has 0 aliphatic rings. The molecule has 0 aromatic carbocycles. The molecule has 2 nitrogen and oxygen atoms in total. The molecule has 80 valence electrons. The summed E-state index contributed by atoms with van der Waals surface area (Å²) in [6.07, 6.45) is 2.36. The van der Waals surface area contributed by atoms with E-state index in [1.165, 1.54) is 0 Å². The van der Waals surface area contributed by atoms with Crippen molar-refractivity contribution in [1.82, 2.24) is 5.32 Å². The lowest BCUT2D eigenvalue weighted by atomic mass is 9.95. The van der Waals surface area contributed by atoms with Crippen LogP contribution in [-0.4, -0.2) is 31.2 Å². The zero-order chi connectivity index (χ0) is 10.3. The van der Waals surface area contributed by atoms with Crippen LogP contribution in [0.2, 0.25) is 0 Å². The van der Waals surface area contributed by atoms with Crippen LogP contribution in [0, 0.1) is 0 Å². The Balaban J connectivity index is 3.82. The van der Waals surface area contributed by atoms with Crippen molar-refractivity contribution >= 4 is 11.6 Å². The normalized spacial score (nSPS) is 18.2. The summed E-state index contributed by atoms with van der Waals surface area (Å²) in [6.45, 7) is 7.33. The Bertz CT molecular complexity index is 132. The molecule has 2 unspecified atom stereocenters. The van der Waals surface area contributed by atoms with Gasteiger partial charge in [-0.25, -0.2) is 0 Å². The summed E-state index contributed by atoms with van der Waals surface area (Å²) in [7, 11) is 1.73. The molecule has 3 heteroatoms. The first-order valence-electron chi connectivity index (χ1n) is 4.91. The van der Waals surface area contributed by atoms with Crippen LogP contribution < -0.4 is 5.32 Å². The van der Waals surface area contributed by atoms with Crippen molar-refractivity contribution in [2.24, 2.45) is 0 Å². The van der Waals surface area contributed by atoms with Gasteiger partial charge >= 0.3 is 0 Å². The molecule has 0 heterocycles. The molecule has 0 aromatic heterocycles. The Morgan fingerprint density at radius 1 is 1.54 bits per heavy atom. The topological polar surface area (TPSA) is 21.3 Å². The van der Waals surface area contributed by atoms with Gasteiger partial charge in [0.25, 0.3) is 0 Å². The molecule has 0 fully saturated rings. The Hall–Kier alpha value is 0.210. The quantitative estimate of drug-likeness (QED) is 0.648. The first-order valence-corrected chi connectivity index (χ1v) is 5.45. The summed E-state index contributed by atoms with van der Waals surface area (Å²) in [5.74, 6) is 0.707. The highest BCUT2D eigenvalue weighted by atomic mass is 35.5. The van der Waals surface area contributed by atoms with Gasteiger partial charge in [0.05, 0.1) is 6.10 Å². The lowest BCUT2D eigenvalue weighted by Gasteiger charge is -2.30. The van der Waals surface area contributed by atoms with E-state index in [-0.39, 0.29) is 11.6 Å². The standard InChI is InChI=1S/C10H22ClNO/c1-5-10(3,6-7-11)12-8-9(2)13-4/h9,12H,5-8H2,1-4H3. The number of hydrogen-bond acceptors (Lipinski definition) is 2. The van der Waals surface area contributed by atoms with Gasteiger partial charge < -0.3 is 10.1 Å². The van der Waals surface area contributed by atoms with Crippen LogP contribution in [0.25, 0.3) is 0 Å². The van der Waals surface area contributed by atoms with Crippen LogP contribution >= 0.6 is 11.6 Å². The van der Waals surface area contributed by atoms with Crippen molar-refractivity contribution in [2.75, 3.05) is 19.5 Å². The summed E-state index contributed by atoms with van der Waals surface area (Å²) >= 11 is 5.74. The van der Waals surface area contributed by atoms with E-state index >= 15 is 0 Å². The second-order valence-electron chi connectivity index (χ2n) is 3.78. The Kier molecular flexibility index (Phi) is 6.74. The fourth-order valence-corrected chi connectivity index (χ4v) is 1.49. The number of ether oxygens (including phenoxy) is 1. The van der Waals surface area contributed by atoms with Crippen LogP contribution in [-0.2, 0) is 4.74 Å². The van der Waals surface area contributed by atoms with Gasteiger partial charge in [-0.15, -0.1) is 11.6 Å². The Morgan fingerprint density at radius 2 is 2.15 bits per heavy atom. The minimum atomic E-state index is 0.161. The largest absolute Gasteiger partial charge is 0.380 e. The van der Waals surface area contributed by atoms with Crippen LogP contribution in [0.15, 0.2) is 0 Å². The Morgan fingerprint density at radius 3 is 2.54 bits per heavy atom. The molecule has 1 N–H and O–H groups in total. The van der Waals surface area contributed by atoms with Crippen molar-refractivity contribution in [2.45, 2.75) is 45.3 Å². The molecular formula is C10H22ClNO. The molecule has 0 bridgehead atoms. The van der Waals surface area contributed by atoms with E-state index in [0.29, 0.717) is 5.88 Å². The third-order valence-electron chi connectivity index (χ3n) is 2.65. The number of halogens is 1. The molecule has 2 atom stereocenters. The number of nitrogens with one attached hydrogen (secondary N) is 1. The molecule has 0 rings (SSSR count). The second-order valence-corrected chi connectivity index (χ2v) is 4.16. The number of hydrogen-bond donors (Lipinski definition) is 1. The van der Waals surface area contributed by atoms with E-state index < -0.39 is 0 Å². The number of methoxy groups -OCH3 is 1. The lowest BCUT2D eigenvalue weighted by Crippen LogP contribution is -2.45. The minimum absolute atomic E-state index is 0.161. The second kappa shape index (κ2) is 6.63.